The third kappa shape index (κ3) is 3.66. The Morgan fingerprint density at radius 1 is 1.10 bits per heavy atom. The first-order valence-electron chi connectivity index (χ1n) is 8.23. The Morgan fingerprint density at radius 3 is 2.59 bits per heavy atom. The van der Waals surface area contributed by atoms with Gasteiger partial charge in [0.1, 0.15) is 23.5 Å². The molecule has 1 aromatic carbocycles. The number of pyridine rings is 1. The van der Waals surface area contributed by atoms with Crippen molar-refractivity contribution in [3.8, 4) is 5.69 Å². The number of nitrogens with zero attached hydrogens (tertiary/aromatic N) is 4. The molecular formula is C18H11ClF3N5O2. The van der Waals surface area contributed by atoms with Gasteiger partial charge < -0.3 is 9.84 Å². The lowest BCUT2D eigenvalue weighted by Crippen LogP contribution is -2.25. The summed E-state index contributed by atoms with van der Waals surface area (Å²) in [7, 11) is 0. The van der Waals surface area contributed by atoms with Crippen molar-refractivity contribution in [2.24, 2.45) is 0 Å². The molecule has 0 amide bonds. The Morgan fingerprint density at radius 2 is 1.90 bits per heavy atom. The van der Waals surface area contributed by atoms with Crippen LogP contribution in [0.25, 0.3) is 16.7 Å². The number of benzene rings is 1. The standard InChI is InChI=1S/C18H11ClF3N5O2/c19-12-3-1-2-4-13(12)27-16-11(5-6-14(24-16)18(20,21)22)15(25-17(27)28)23-9-10-7-8-29-26-10/h1-8H,9H2,(H,23,25,28). The summed E-state index contributed by atoms with van der Waals surface area (Å²) in [6.07, 6.45) is -3.32. The van der Waals surface area contributed by atoms with Crippen LogP contribution in [0.4, 0.5) is 19.0 Å². The topological polar surface area (TPSA) is 85.8 Å². The number of hydrogen-bond donors (Lipinski definition) is 1. The second kappa shape index (κ2) is 7.21. The Kier molecular flexibility index (Phi) is 4.71. The molecule has 0 aliphatic rings. The van der Waals surface area contributed by atoms with Gasteiger partial charge in [-0.05, 0) is 24.3 Å². The first kappa shape index (κ1) is 18.9. The van der Waals surface area contributed by atoms with Crippen LogP contribution in [0.5, 0.6) is 0 Å². The van der Waals surface area contributed by atoms with Gasteiger partial charge in [-0.2, -0.15) is 18.2 Å². The minimum Gasteiger partial charge on any atom is -0.364 e. The quantitative estimate of drug-likeness (QED) is 0.535. The molecule has 3 heterocycles. The third-order valence-electron chi connectivity index (χ3n) is 4.05. The lowest BCUT2D eigenvalue weighted by Gasteiger charge is -2.15. The van der Waals surface area contributed by atoms with Crippen LogP contribution in [0.15, 0.2) is 58.0 Å². The van der Waals surface area contributed by atoms with Crippen molar-refractivity contribution in [3.63, 3.8) is 0 Å². The van der Waals surface area contributed by atoms with Crippen molar-refractivity contribution >= 4 is 28.5 Å². The number of hydrogen-bond acceptors (Lipinski definition) is 6. The Bertz CT molecular complexity index is 1240. The molecule has 0 bridgehead atoms. The smallest absolute Gasteiger partial charge is 0.364 e. The van der Waals surface area contributed by atoms with Crippen molar-refractivity contribution in [2.45, 2.75) is 12.7 Å². The predicted octanol–water partition coefficient (Wildman–Crippen LogP) is 4.05. The van der Waals surface area contributed by atoms with Crippen LogP contribution in [0.2, 0.25) is 5.02 Å². The van der Waals surface area contributed by atoms with E-state index in [2.05, 4.69) is 20.4 Å². The number of para-hydroxylation sites is 1. The fraction of sp³-hybridized carbons (Fsp3) is 0.111. The zero-order valence-electron chi connectivity index (χ0n) is 14.4. The number of fused-ring (bicyclic) bond motifs is 1. The van der Waals surface area contributed by atoms with Gasteiger partial charge in [-0.3, -0.25) is 0 Å². The molecule has 0 aliphatic carbocycles. The summed E-state index contributed by atoms with van der Waals surface area (Å²) in [5, 5.41) is 6.98. The molecule has 29 heavy (non-hydrogen) atoms. The van der Waals surface area contributed by atoms with Crippen LogP contribution < -0.4 is 11.0 Å². The first-order valence-corrected chi connectivity index (χ1v) is 8.61. The molecule has 7 nitrogen and oxygen atoms in total. The fourth-order valence-electron chi connectivity index (χ4n) is 2.75. The van der Waals surface area contributed by atoms with E-state index in [4.69, 9.17) is 16.1 Å². The zero-order chi connectivity index (χ0) is 20.6. The minimum absolute atomic E-state index is 0.0672. The fourth-order valence-corrected chi connectivity index (χ4v) is 2.97. The van der Waals surface area contributed by atoms with Gasteiger partial charge in [-0.15, -0.1) is 0 Å². The van der Waals surface area contributed by atoms with E-state index in [-0.39, 0.29) is 34.1 Å². The molecule has 148 valence electrons. The molecule has 0 saturated carbocycles. The molecule has 4 aromatic rings. The zero-order valence-corrected chi connectivity index (χ0v) is 15.2. The maximum absolute atomic E-state index is 13.2. The van der Waals surface area contributed by atoms with Crippen molar-refractivity contribution in [1.82, 2.24) is 19.7 Å². The number of aromatic nitrogens is 4. The summed E-state index contributed by atoms with van der Waals surface area (Å²) in [4.78, 5) is 20.4. The molecule has 0 spiro atoms. The minimum atomic E-state index is -4.69. The first-order chi connectivity index (χ1) is 13.8. The SMILES string of the molecule is O=c1nc(NCc2ccon2)c2ccc(C(F)(F)F)nc2n1-c1ccccc1Cl. The molecule has 0 fully saturated rings. The highest BCUT2D eigenvalue weighted by molar-refractivity contribution is 6.32. The van der Waals surface area contributed by atoms with Gasteiger partial charge >= 0.3 is 11.9 Å². The number of halogens is 4. The maximum Gasteiger partial charge on any atom is 0.433 e. The van der Waals surface area contributed by atoms with Crippen molar-refractivity contribution in [2.75, 3.05) is 5.32 Å². The van der Waals surface area contributed by atoms with Gasteiger partial charge in [0.25, 0.3) is 0 Å². The van der Waals surface area contributed by atoms with Crippen LogP contribution in [0.1, 0.15) is 11.4 Å². The second-order valence-corrected chi connectivity index (χ2v) is 6.35. The summed E-state index contributed by atoms with van der Waals surface area (Å²) in [6.45, 7) is 0.148. The number of anilines is 1. The lowest BCUT2D eigenvalue weighted by atomic mass is 10.2. The summed E-state index contributed by atoms with van der Waals surface area (Å²) in [5.74, 6) is 0.0672. The molecule has 4 rings (SSSR count). The molecule has 0 radical (unpaired) electrons. The number of alkyl halides is 3. The van der Waals surface area contributed by atoms with E-state index in [9.17, 15) is 18.0 Å². The highest BCUT2D eigenvalue weighted by Gasteiger charge is 2.33. The van der Waals surface area contributed by atoms with Crippen LogP contribution in [-0.2, 0) is 12.7 Å². The molecule has 11 heteroatoms. The number of rotatable bonds is 4. The van der Waals surface area contributed by atoms with E-state index in [1.54, 1.807) is 18.2 Å². The van der Waals surface area contributed by atoms with E-state index in [1.165, 1.54) is 24.5 Å². The van der Waals surface area contributed by atoms with E-state index >= 15 is 0 Å². The Hall–Kier alpha value is -3.40. The molecule has 0 saturated heterocycles. The average molecular weight is 422 g/mol. The summed E-state index contributed by atoms with van der Waals surface area (Å²) < 4.78 is 45.4. The monoisotopic (exact) mass is 421 g/mol. The van der Waals surface area contributed by atoms with E-state index in [1.807, 2.05) is 0 Å². The van der Waals surface area contributed by atoms with Crippen molar-refractivity contribution in [3.05, 3.63) is 75.6 Å². The summed E-state index contributed by atoms with van der Waals surface area (Å²) in [6, 6.07) is 9.87. The van der Waals surface area contributed by atoms with Crippen LogP contribution in [0, 0.1) is 0 Å². The largest absolute Gasteiger partial charge is 0.433 e. The molecule has 3 aromatic heterocycles. The highest BCUT2D eigenvalue weighted by Crippen LogP contribution is 2.31. The second-order valence-electron chi connectivity index (χ2n) is 5.94. The van der Waals surface area contributed by atoms with Crippen molar-refractivity contribution < 1.29 is 17.7 Å². The van der Waals surface area contributed by atoms with Gasteiger partial charge in [-0.1, -0.05) is 28.9 Å². The van der Waals surface area contributed by atoms with Crippen LogP contribution in [-0.4, -0.2) is 19.7 Å². The van der Waals surface area contributed by atoms with Gasteiger partial charge in [0, 0.05) is 6.07 Å². The summed E-state index contributed by atoms with van der Waals surface area (Å²) in [5.41, 5.74) is -1.50. The molecule has 0 atom stereocenters. The Labute approximate surface area is 165 Å². The van der Waals surface area contributed by atoms with Gasteiger partial charge in [0.05, 0.1) is 22.6 Å². The maximum atomic E-state index is 13.2. The predicted molar refractivity (Wildman–Crippen MR) is 99.0 cm³/mol. The molecule has 1 N–H and O–H groups in total. The van der Waals surface area contributed by atoms with Crippen LogP contribution in [0.3, 0.4) is 0 Å². The lowest BCUT2D eigenvalue weighted by molar-refractivity contribution is -0.141. The highest BCUT2D eigenvalue weighted by atomic mass is 35.5. The van der Waals surface area contributed by atoms with E-state index < -0.39 is 17.6 Å². The molecule has 0 unspecified atom stereocenters. The third-order valence-corrected chi connectivity index (χ3v) is 4.37. The molecular weight excluding hydrogens is 411 g/mol. The van der Waals surface area contributed by atoms with Gasteiger partial charge in [0.2, 0.25) is 0 Å². The van der Waals surface area contributed by atoms with E-state index in [0.717, 1.165) is 10.6 Å². The Balaban J connectivity index is 1.95. The summed E-state index contributed by atoms with van der Waals surface area (Å²) >= 11 is 6.16. The van der Waals surface area contributed by atoms with E-state index in [0.29, 0.717) is 5.69 Å². The van der Waals surface area contributed by atoms with Crippen molar-refractivity contribution in [1.29, 1.82) is 0 Å². The normalized spacial score (nSPS) is 11.7. The number of nitrogens with one attached hydrogen (secondary N) is 1. The van der Waals surface area contributed by atoms with Gasteiger partial charge in [0.15, 0.2) is 5.65 Å². The van der Waals surface area contributed by atoms with Gasteiger partial charge in [-0.25, -0.2) is 14.3 Å². The molecule has 0 aliphatic heterocycles. The average Bonchev–Trinajstić information content (AvgIpc) is 3.19. The van der Waals surface area contributed by atoms with Crippen LogP contribution >= 0.6 is 11.6 Å².